The summed E-state index contributed by atoms with van der Waals surface area (Å²) < 4.78 is 0. The molecule has 1 heterocycles. The Morgan fingerprint density at radius 3 is 1.70 bits per heavy atom. The van der Waals surface area contributed by atoms with Gasteiger partial charge in [0.1, 0.15) is 8.07 Å². The molecule has 0 atom stereocenters. The highest BCUT2D eigenvalue weighted by Gasteiger charge is 2.38. The van der Waals surface area contributed by atoms with Crippen LogP contribution in [-0.2, 0) is 5.41 Å². The first-order valence-electron chi connectivity index (χ1n) is 19.3. The number of benzene rings is 9. The maximum atomic E-state index is 2.50. The average Bonchev–Trinajstić information content (AvgIpc) is 3.58. The van der Waals surface area contributed by atoms with E-state index in [1.807, 2.05) is 0 Å². The van der Waals surface area contributed by atoms with Crippen LogP contribution in [0.3, 0.4) is 0 Å². The maximum Gasteiger partial charge on any atom is 0.113 e. The van der Waals surface area contributed by atoms with Gasteiger partial charge >= 0.3 is 0 Å². The largest absolute Gasteiger partial charge is 0.113 e. The highest BCUT2D eigenvalue weighted by molar-refractivity contribution is 7.03. The van der Waals surface area contributed by atoms with E-state index in [1.54, 1.807) is 5.19 Å². The van der Waals surface area contributed by atoms with E-state index in [1.165, 1.54) is 104 Å². The molecule has 11 rings (SSSR count). The summed E-state index contributed by atoms with van der Waals surface area (Å²) >= 11 is 0. The number of fused-ring (bicyclic) bond motifs is 9. The molecule has 0 saturated heterocycles. The fourth-order valence-corrected chi connectivity index (χ4v) is 13.3. The van der Waals surface area contributed by atoms with E-state index in [0.29, 0.717) is 0 Å². The molecule has 2 aliphatic rings. The first-order chi connectivity index (χ1) is 26.3. The molecule has 0 radical (unpaired) electrons. The van der Waals surface area contributed by atoms with Crippen LogP contribution in [0.5, 0.6) is 0 Å². The third kappa shape index (κ3) is 4.31. The molecule has 0 fully saturated rings. The van der Waals surface area contributed by atoms with Crippen LogP contribution in [0.1, 0.15) is 25.0 Å². The molecule has 9 aromatic carbocycles. The van der Waals surface area contributed by atoms with Crippen molar-refractivity contribution in [3.63, 3.8) is 0 Å². The third-order valence-electron chi connectivity index (χ3n) is 12.9. The van der Waals surface area contributed by atoms with Gasteiger partial charge in [-0.3, -0.25) is 0 Å². The van der Waals surface area contributed by atoms with Crippen molar-refractivity contribution in [1.29, 1.82) is 0 Å². The third-order valence-corrected chi connectivity index (χ3v) is 16.4. The summed E-state index contributed by atoms with van der Waals surface area (Å²) in [6.07, 6.45) is 0. The minimum atomic E-state index is -1.78. The quantitative estimate of drug-likeness (QED) is 0.127. The molecular formula is C53H40Si. The number of hydrogen-bond acceptors (Lipinski definition) is 0. The second-order valence-corrected chi connectivity index (χ2v) is 20.8. The SMILES string of the molecule is CC1(C)c2ccccc2-c2cc(-c3c4ccccc4c(-c4ccc5c(c4)-c4ccccc4[Si]5(C)C)c4ccc(-c5cccc6ccccc56)cc34)ccc21. The lowest BCUT2D eigenvalue weighted by Crippen LogP contribution is -2.49. The van der Waals surface area contributed by atoms with Gasteiger partial charge in [-0.05, 0) is 128 Å². The van der Waals surface area contributed by atoms with E-state index in [-0.39, 0.29) is 5.41 Å². The molecular weight excluding hydrogens is 665 g/mol. The van der Waals surface area contributed by atoms with Crippen molar-refractivity contribution < 1.29 is 0 Å². The van der Waals surface area contributed by atoms with E-state index in [0.717, 1.165) is 0 Å². The molecule has 0 spiro atoms. The fraction of sp³-hybridized carbons (Fsp3) is 0.0943. The molecule has 54 heavy (non-hydrogen) atoms. The Labute approximate surface area is 318 Å². The van der Waals surface area contributed by atoms with E-state index >= 15 is 0 Å². The van der Waals surface area contributed by atoms with Crippen molar-refractivity contribution in [2.24, 2.45) is 0 Å². The summed E-state index contributed by atoms with van der Waals surface area (Å²) in [6, 6.07) is 64.6. The first-order valence-corrected chi connectivity index (χ1v) is 22.3. The highest BCUT2D eigenvalue weighted by atomic mass is 28.3. The Bertz CT molecular complexity index is 3040. The van der Waals surface area contributed by atoms with Crippen molar-refractivity contribution in [2.45, 2.75) is 32.4 Å². The molecule has 256 valence electrons. The molecule has 0 saturated carbocycles. The summed E-state index contributed by atoms with van der Waals surface area (Å²) in [7, 11) is -1.78. The van der Waals surface area contributed by atoms with Crippen LogP contribution in [0.25, 0.3) is 88.0 Å². The van der Waals surface area contributed by atoms with E-state index in [4.69, 9.17) is 0 Å². The molecule has 0 amide bonds. The topological polar surface area (TPSA) is 0 Å². The van der Waals surface area contributed by atoms with Gasteiger partial charge in [0.15, 0.2) is 0 Å². The first kappa shape index (κ1) is 31.5. The van der Waals surface area contributed by atoms with Gasteiger partial charge in [-0.25, -0.2) is 0 Å². The molecule has 0 nitrogen and oxygen atoms in total. The predicted molar refractivity (Wildman–Crippen MR) is 235 cm³/mol. The minimum Gasteiger partial charge on any atom is -0.0623 e. The van der Waals surface area contributed by atoms with E-state index < -0.39 is 8.07 Å². The van der Waals surface area contributed by atoms with Crippen molar-refractivity contribution in [3.05, 3.63) is 181 Å². The molecule has 1 aliphatic heterocycles. The molecule has 9 aromatic rings. The van der Waals surface area contributed by atoms with Crippen LogP contribution < -0.4 is 10.4 Å². The highest BCUT2D eigenvalue weighted by Crippen LogP contribution is 2.52. The second-order valence-electron chi connectivity index (χ2n) is 16.4. The fourth-order valence-electron chi connectivity index (χ4n) is 10.2. The normalized spacial score (nSPS) is 14.6. The van der Waals surface area contributed by atoms with E-state index in [9.17, 15) is 0 Å². The Morgan fingerprint density at radius 2 is 0.889 bits per heavy atom. The summed E-state index contributed by atoms with van der Waals surface area (Å²) in [5.74, 6) is 0. The van der Waals surface area contributed by atoms with Crippen molar-refractivity contribution >= 4 is 50.8 Å². The Balaban J connectivity index is 1.23. The summed E-state index contributed by atoms with van der Waals surface area (Å²) in [6.45, 7) is 9.74. The lowest BCUT2D eigenvalue weighted by atomic mass is 9.81. The van der Waals surface area contributed by atoms with Crippen molar-refractivity contribution in [2.75, 3.05) is 0 Å². The van der Waals surface area contributed by atoms with Gasteiger partial charge in [0.05, 0.1) is 0 Å². The molecule has 0 unspecified atom stereocenters. The molecule has 1 aliphatic carbocycles. The van der Waals surface area contributed by atoms with Crippen molar-refractivity contribution in [1.82, 2.24) is 0 Å². The second kappa shape index (κ2) is 11.2. The van der Waals surface area contributed by atoms with Crippen LogP contribution in [-0.4, -0.2) is 8.07 Å². The Morgan fingerprint density at radius 1 is 0.352 bits per heavy atom. The lowest BCUT2D eigenvalue weighted by Gasteiger charge is -2.22. The predicted octanol–water partition coefficient (Wildman–Crippen LogP) is 13.3. The molecule has 0 N–H and O–H groups in total. The van der Waals surface area contributed by atoms with E-state index in [2.05, 4.69) is 197 Å². The van der Waals surface area contributed by atoms with Crippen molar-refractivity contribution in [3.8, 4) is 55.6 Å². The average molecular weight is 705 g/mol. The summed E-state index contributed by atoms with van der Waals surface area (Å²) in [4.78, 5) is 0. The monoisotopic (exact) mass is 704 g/mol. The zero-order chi connectivity index (χ0) is 36.3. The van der Waals surface area contributed by atoms with Gasteiger partial charge in [0, 0.05) is 5.41 Å². The van der Waals surface area contributed by atoms with Gasteiger partial charge in [-0.15, -0.1) is 0 Å². The van der Waals surface area contributed by atoms with Gasteiger partial charge < -0.3 is 0 Å². The van der Waals surface area contributed by atoms with Crippen LogP contribution >= 0.6 is 0 Å². The Hall–Kier alpha value is -6.02. The zero-order valence-electron chi connectivity index (χ0n) is 31.2. The van der Waals surface area contributed by atoms with Crippen LogP contribution in [0, 0.1) is 0 Å². The zero-order valence-corrected chi connectivity index (χ0v) is 32.2. The molecule has 0 bridgehead atoms. The van der Waals surface area contributed by atoms with Crippen LogP contribution in [0.2, 0.25) is 13.1 Å². The number of hydrogen-bond donors (Lipinski definition) is 0. The van der Waals surface area contributed by atoms with Crippen LogP contribution in [0.4, 0.5) is 0 Å². The van der Waals surface area contributed by atoms with Gasteiger partial charge in [0.2, 0.25) is 0 Å². The summed E-state index contributed by atoms with van der Waals surface area (Å²) in [5.41, 5.74) is 16.0. The molecule has 1 heteroatoms. The maximum absolute atomic E-state index is 2.50. The van der Waals surface area contributed by atoms with Gasteiger partial charge in [-0.1, -0.05) is 179 Å². The van der Waals surface area contributed by atoms with Crippen LogP contribution in [0.15, 0.2) is 170 Å². The lowest BCUT2D eigenvalue weighted by molar-refractivity contribution is 0.660. The minimum absolute atomic E-state index is 0.0381. The standard InChI is InChI=1S/C53H40Si/c1-53(2)47-22-11-9-17-39(47)44-31-35(25-28-48(44)53)52-42-20-8-7-19-41(42)51(36-26-29-50-45(32-36)40-18-10-12-23-49(40)54(50,3)4)43-27-24-34(30-46(43)52)38-21-13-15-33-14-5-6-16-37(33)38/h5-32H,1-4H3. The summed E-state index contributed by atoms with van der Waals surface area (Å²) in [5, 5.41) is 10.8. The van der Waals surface area contributed by atoms with Gasteiger partial charge in [0.25, 0.3) is 0 Å². The smallest absolute Gasteiger partial charge is 0.0623 e. The van der Waals surface area contributed by atoms with Gasteiger partial charge in [-0.2, -0.15) is 0 Å². The Kier molecular flexibility index (Phi) is 6.56. The molecule has 0 aromatic heterocycles. The number of rotatable bonds is 3.